The summed E-state index contributed by atoms with van der Waals surface area (Å²) in [6, 6.07) is 21.1. The minimum Gasteiger partial charge on any atom is -0.507 e. The maximum absolute atomic E-state index is 13.5. The van der Waals surface area contributed by atoms with Gasteiger partial charge in [0.25, 0.3) is 11.7 Å². The number of aliphatic hydroxyl groups excluding tert-OH is 1. The van der Waals surface area contributed by atoms with Crippen LogP contribution in [0.2, 0.25) is 0 Å². The normalized spacial score (nSPS) is 16.9. The van der Waals surface area contributed by atoms with E-state index in [1.165, 1.54) is 4.90 Å². The molecule has 0 spiro atoms. The Morgan fingerprint density at radius 1 is 0.921 bits per heavy atom. The molecule has 3 aromatic carbocycles. The van der Waals surface area contributed by atoms with Crippen LogP contribution in [0.15, 0.2) is 78.4 Å². The van der Waals surface area contributed by atoms with Crippen LogP contribution in [0.3, 0.4) is 0 Å². The number of anilines is 1. The summed E-state index contributed by atoms with van der Waals surface area (Å²) in [6.45, 7) is 10.6. The Balaban J connectivity index is 1.84. The highest BCUT2D eigenvalue weighted by atomic mass is 16.5. The van der Waals surface area contributed by atoms with Crippen molar-refractivity contribution in [2.24, 2.45) is 0 Å². The van der Waals surface area contributed by atoms with E-state index in [1.807, 2.05) is 69.3 Å². The molecule has 0 aromatic heterocycles. The number of rotatable bonds is 9. The smallest absolute Gasteiger partial charge is 0.300 e. The van der Waals surface area contributed by atoms with E-state index in [2.05, 4.69) is 13.8 Å². The van der Waals surface area contributed by atoms with Crippen LogP contribution in [0.4, 0.5) is 5.69 Å². The Kier molecular flexibility index (Phi) is 8.20. The zero-order chi connectivity index (χ0) is 27.4. The first-order valence-corrected chi connectivity index (χ1v) is 13.1. The van der Waals surface area contributed by atoms with Crippen LogP contribution in [0.1, 0.15) is 69.7 Å². The average Bonchev–Trinajstić information content (AvgIpc) is 3.17. The molecule has 1 atom stereocenters. The zero-order valence-electron chi connectivity index (χ0n) is 22.6. The molecule has 1 fully saturated rings. The predicted octanol–water partition coefficient (Wildman–Crippen LogP) is 7.01. The second kappa shape index (κ2) is 11.5. The lowest BCUT2D eigenvalue weighted by Gasteiger charge is -2.26. The number of nitrogens with zero attached hydrogens (tertiary/aromatic N) is 1. The third-order valence-electron chi connectivity index (χ3n) is 6.43. The maximum Gasteiger partial charge on any atom is 0.300 e. The van der Waals surface area contributed by atoms with E-state index >= 15 is 0 Å². The Bertz CT molecular complexity index is 1320. The average molecular weight is 514 g/mol. The number of carbonyl (C=O) groups is 2. The molecular weight excluding hydrogens is 478 g/mol. The summed E-state index contributed by atoms with van der Waals surface area (Å²) in [5, 5.41) is 11.4. The van der Waals surface area contributed by atoms with Gasteiger partial charge in [-0.2, -0.15) is 0 Å². The Hall–Kier alpha value is -4.06. The molecule has 1 aliphatic rings. The summed E-state index contributed by atoms with van der Waals surface area (Å²) < 4.78 is 11.5. The van der Waals surface area contributed by atoms with E-state index in [0.29, 0.717) is 40.8 Å². The molecule has 198 valence electrons. The first-order chi connectivity index (χ1) is 18.2. The quantitative estimate of drug-likeness (QED) is 0.189. The number of carbonyl (C=O) groups excluding carboxylic acids is 2. The summed E-state index contributed by atoms with van der Waals surface area (Å²) in [5.41, 5.74) is 2.85. The summed E-state index contributed by atoms with van der Waals surface area (Å²) in [7, 11) is 0. The van der Waals surface area contributed by atoms with Crippen molar-refractivity contribution in [2.75, 3.05) is 11.5 Å². The highest BCUT2D eigenvalue weighted by molar-refractivity contribution is 6.51. The number of amides is 1. The first kappa shape index (κ1) is 27.0. The molecule has 0 bridgehead atoms. The molecule has 0 saturated carbocycles. The zero-order valence-corrected chi connectivity index (χ0v) is 22.6. The molecular formula is C32H35NO5. The number of benzene rings is 3. The molecule has 3 aromatic rings. The SMILES string of the molecule is CCCOc1cccc(/C(O)=C2/C(=O)C(=O)N(c3ccc(C(C)C)cc3)C2c2ccc(OC(C)C)cc2)c1. The third kappa shape index (κ3) is 5.59. The van der Waals surface area contributed by atoms with E-state index in [9.17, 15) is 14.7 Å². The molecule has 38 heavy (non-hydrogen) atoms. The van der Waals surface area contributed by atoms with Crippen molar-refractivity contribution in [3.63, 3.8) is 0 Å². The van der Waals surface area contributed by atoms with Crippen molar-refractivity contribution in [1.82, 2.24) is 0 Å². The van der Waals surface area contributed by atoms with E-state index < -0.39 is 17.7 Å². The van der Waals surface area contributed by atoms with Crippen LogP contribution in [0, 0.1) is 0 Å². The fourth-order valence-corrected chi connectivity index (χ4v) is 4.54. The molecule has 6 nitrogen and oxygen atoms in total. The van der Waals surface area contributed by atoms with E-state index in [-0.39, 0.29) is 17.4 Å². The van der Waals surface area contributed by atoms with Crippen molar-refractivity contribution < 1.29 is 24.2 Å². The van der Waals surface area contributed by atoms with E-state index in [4.69, 9.17) is 9.47 Å². The van der Waals surface area contributed by atoms with Crippen LogP contribution >= 0.6 is 0 Å². The number of ether oxygens (including phenoxy) is 2. The van der Waals surface area contributed by atoms with Crippen LogP contribution < -0.4 is 14.4 Å². The predicted molar refractivity (Wildman–Crippen MR) is 150 cm³/mol. The molecule has 0 radical (unpaired) electrons. The molecule has 1 heterocycles. The highest BCUT2D eigenvalue weighted by Crippen LogP contribution is 2.43. The van der Waals surface area contributed by atoms with Crippen LogP contribution in [0.25, 0.3) is 5.76 Å². The Labute approximate surface area is 224 Å². The van der Waals surface area contributed by atoms with Crippen molar-refractivity contribution in [1.29, 1.82) is 0 Å². The van der Waals surface area contributed by atoms with Gasteiger partial charge in [0.05, 0.1) is 24.3 Å². The molecule has 1 aliphatic heterocycles. The van der Waals surface area contributed by atoms with Gasteiger partial charge < -0.3 is 14.6 Å². The fraction of sp³-hybridized carbons (Fsp3) is 0.312. The Morgan fingerprint density at radius 3 is 2.21 bits per heavy atom. The molecule has 1 saturated heterocycles. The van der Waals surface area contributed by atoms with Gasteiger partial charge in [-0.3, -0.25) is 14.5 Å². The maximum atomic E-state index is 13.5. The van der Waals surface area contributed by atoms with Gasteiger partial charge in [-0.25, -0.2) is 0 Å². The fourth-order valence-electron chi connectivity index (χ4n) is 4.54. The molecule has 1 N–H and O–H groups in total. The van der Waals surface area contributed by atoms with Gasteiger partial charge >= 0.3 is 0 Å². The van der Waals surface area contributed by atoms with Crippen molar-refractivity contribution in [2.45, 2.75) is 59.1 Å². The van der Waals surface area contributed by atoms with Gasteiger partial charge in [0.15, 0.2) is 0 Å². The largest absolute Gasteiger partial charge is 0.507 e. The minimum atomic E-state index is -0.812. The first-order valence-electron chi connectivity index (χ1n) is 13.1. The van der Waals surface area contributed by atoms with Crippen LogP contribution in [-0.2, 0) is 9.59 Å². The summed E-state index contributed by atoms with van der Waals surface area (Å²) in [4.78, 5) is 28.4. The standard InChI is InChI=1S/C32H35NO5/c1-6-18-37-27-9-7-8-24(19-27)30(34)28-29(23-12-16-26(17-13-23)38-21(4)5)33(32(36)31(28)35)25-14-10-22(11-15-25)20(2)3/h7-17,19-21,29,34H,6,18H2,1-5H3/b30-28-. The van der Waals surface area contributed by atoms with Gasteiger partial charge in [-0.05, 0) is 73.7 Å². The lowest BCUT2D eigenvalue weighted by molar-refractivity contribution is -0.132. The summed E-state index contributed by atoms with van der Waals surface area (Å²) in [5.74, 6) is -0.0634. The summed E-state index contributed by atoms with van der Waals surface area (Å²) >= 11 is 0. The van der Waals surface area contributed by atoms with E-state index in [1.54, 1.807) is 24.3 Å². The monoisotopic (exact) mass is 513 g/mol. The molecule has 4 rings (SSSR count). The van der Waals surface area contributed by atoms with Crippen LogP contribution in [-0.4, -0.2) is 29.5 Å². The third-order valence-corrected chi connectivity index (χ3v) is 6.43. The van der Waals surface area contributed by atoms with Gasteiger partial charge in [-0.1, -0.05) is 57.2 Å². The van der Waals surface area contributed by atoms with Crippen LogP contribution in [0.5, 0.6) is 11.5 Å². The van der Waals surface area contributed by atoms with E-state index in [0.717, 1.165) is 12.0 Å². The number of hydrogen-bond donors (Lipinski definition) is 1. The minimum absolute atomic E-state index is 0.00756. The molecule has 0 aliphatic carbocycles. The van der Waals surface area contributed by atoms with Crippen molar-refractivity contribution in [3.8, 4) is 11.5 Å². The lowest BCUT2D eigenvalue weighted by atomic mass is 9.94. The number of aliphatic hydroxyl groups is 1. The molecule has 1 unspecified atom stereocenters. The molecule has 6 heteroatoms. The second-order valence-corrected chi connectivity index (χ2v) is 10.0. The van der Waals surface area contributed by atoms with Gasteiger partial charge in [0.2, 0.25) is 0 Å². The molecule has 1 amide bonds. The number of ketones is 1. The lowest BCUT2D eigenvalue weighted by Crippen LogP contribution is -2.29. The second-order valence-electron chi connectivity index (χ2n) is 10.0. The van der Waals surface area contributed by atoms with Crippen molar-refractivity contribution in [3.05, 3.63) is 95.1 Å². The number of Topliss-reactive ketones (excluding diaryl/α,β-unsaturated/α-hetero) is 1. The summed E-state index contributed by atoms with van der Waals surface area (Å²) in [6.07, 6.45) is 0.848. The Morgan fingerprint density at radius 2 is 1.61 bits per heavy atom. The van der Waals surface area contributed by atoms with Crippen molar-refractivity contribution >= 4 is 23.1 Å². The highest BCUT2D eigenvalue weighted by Gasteiger charge is 2.47. The topological polar surface area (TPSA) is 76.1 Å². The number of hydrogen-bond acceptors (Lipinski definition) is 5. The van der Waals surface area contributed by atoms with Gasteiger partial charge in [-0.15, -0.1) is 0 Å². The van der Waals surface area contributed by atoms with Gasteiger partial charge in [0, 0.05) is 11.3 Å². The van der Waals surface area contributed by atoms with Gasteiger partial charge in [0.1, 0.15) is 17.3 Å².